The molecule has 106 valence electrons. The number of hydrogen-bond donors (Lipinski definition) is 1. The van der Waals surface area contributed by atoms with Gasteiger partial charge in [0.25, 0.3) is 0 Å². The number of benzene rings is 2. The quantitative estimate of drug-likeness (QED) is 0.633. The lowest BCUT2D eigenvalue weighted by atomic mass is 10.1. The fourth-order valence-electron chi connectivity index (χ4n) is 1.89. The first kappa shape index (κ1) is 15.4. The van der Waals surface area contributed by atoms with Gasteiger partial charge in [0.1, 0.15) is 5.75 Å². The van der Waals surface area contributed by atoms with Crippen LogP contribution >= 0.6 is 31.9 Å². The molecule has 0 aliphatic carbocycles. The van der Waals surface area contributed by atoms with Crippen LogP contribution in [-0.2, 0) is 6.42 Å². The zero-order valence-electron chi connectivity index (χ0n) is 11.3. The molecule has 20 heavy (non-hydrogen) atoms. The van der Waals surface area contributed by atoms with Crippen molar-refractivity contribution < 1.29 is 4.74 Å². The lowest BCUT2D eigenvalue weighted by Crippen LogP contribution is -1.91. The molecule has 0 amide bonds. The van der Waals surface area contributed by atoms with E-state index in [1.807, 2.05) is 24.3 Å². The molecular formula is C16H17Br2NO. The highest BCUT2D eigenvalue weighted by Crippen LogP contribution is 2.38. The molecule has 2 rings (SSSR count). The monoisotopic (exact) mass is 397 g/mol. The summed E-state index contributed by atoms with van der Waals surface area (Å²) in [6.45, 7) is 2.20. The Morgan fingerprint density at radius 1 is 1.05 bits per heavy atom. The first-order valence-corrected chi connectivity index (χ1v) is 8.20. The van der Waals surface area contributed by atoms with Crippen molar-refractivity contribution in [3.8, 4) is 11.5 Å². The summed E-state index contributed by atoms with van der Waals surface area (Å²) in [7, 11) is 0. The van der Waals surface area contributed by atoms with Crippen molar-refractivity contribution in [3.05, 3.63) is 50.9 Å². The van der Waals surface area contributed by atoms with E-state index in [2.05, 4.69) is 50.9 Å². The van der Waals surface area contributed by atoms with Crippen molar-refractivity contribution in [1.82, 2.24) is 0 Å². The lowest BCUT2D eigenvalue weighted by molar-refractivity contribution is 0.476. The second-order valence-corrected chi connectivity index (χ2v) is 6.37. The van der Waals surface area contributed by atoms with E-state index in [0.29, 0.717) is 0 Å². The molecule has 0 aliphatic heterocycles. The summed E-state index contributed by atoms with van der Waals surface area (Å²) in [5, 5.41) is 0. The number of hydrogen-bond acceptors (Lipinski definition) is 2. The van der Waals surface area contributed by atoms with Gasteiger partial charge in [-0.15, -0.1) is 0 Å². The van der Waals surface area contributed by atoms with Gasteiger partial charge in [-0.2, -0.15) is 0 Å². The largest absolute Gasteiger partial charge is 0.455 e. The molecule has 0 spiro atoms. The van der Waals surface area contributed by atoms with E-state index in [9.17, 15) is 0 Å². The van der Waals surface area contributed by atoms with Crippen LogP contribution in [0.3, 0.4) is 0 Å². The van der Waals surface area contributed by atoms with Gasteiger partial charge in [-0.3, -0.25) is 0 Å². The molecule has 2 nitrogen and oxygen atoms in total. The number of unbranched alkanes of at least 4 members (excludes halogenated alkanes) is 1. The van der Waals surface area contributed by atoms with Gasteiger partial charge in [0.15, 0.2) is 5.75 Å². The van der Waals surface area contributed by atoms with E-state index in [-0.39, 0.29) is 0 Å². The third-order valence-corrected chi connectivity index (χ3v) is 4.16. The molecule has 2 aromatic rings. The molecule has 0 saturated heterocycles. The molecule has 0 atom stereocenters. The Morgan fingerprint density at radius 3 is 2.20 bits per heavy atom. The lowest BCUT2D eigenvalue weighted by Gasteiger charge is -2.12. The molecule has 0 aromatic heterocycles. The molecular weight excluding hydrogens is 382 g/mol. The second-order valence-electron chi connectivity index (χ2n) is 4.66. The van der Waals surface area contributed by atoms with E-state index in [1.165, 1.54) is 18.4 Å². The summed E-state index contributed by atoms with van der Waals surface area (Å²) < 4.78 is 7.81. The smallest absolute Gasteiger partial charge is 0.155 e. The van der Waals surface area contributed by atoms with Crippen molar-refractivity contribution in [2.24, 2.45) is 0 Å². The minimum Gasteiger partial charge on any atom is -0.455 e. The number of halogens is 2. The Bertz CT molecular complexity index is 559. The van der Waals surface area contributed by atoms with Crippen LogP contribution in [0, 0.1) is 0 Å². The van der Waals surface area contributed by atoms with Crippen LogP contribution in [0.15, 0.2) is 45.3 Å². The Balaban J connectivity index is 2.21. The van der Waals surface area contributed by atoms with E-state index in [0.717, 1.165) is 32.6 Å². The third-order valence-electron chi connectivity index (χ3n) is 2.98. The van der Waals surface area contributed by atoms with Crippen molar-refractivity contribution in [3.63, 3.8) is 0 Å². The van der Waals surface area contributed by atoms with E-state index in [4.69, 9.17) is 10.5 Å². The Kier molecular flexibility index (Phi) is 5.49. The summed E-state index contributed by atoms with van der Waals surface area (Å²) in [5.41, 5.74) is 7.70. The number of nitrogens with two attached hydrogens (primary N) is 1. The first-order chi connectivity index (χ1) is 9.60. The highest BCUT2D eigenvalue weighted by atomic mass is 79.9. The SMILES string of the molecule is CCCCc1cc(Br)c(Oc2ccc(N)cc2)c(Br)c1. The van der Waals surface area contributed by atoms with E-state index >= 15 is 0 Å². The molecule has 0 heterocycles. The molecule has 0 bridgehead atoms. The topological polar surface area (TPSA) is 35.2 Å². The fourth-order valence-corrected chi connectivity index (χ4v) is 3.33. The number of ether oxygens (including phenoxy) is 1. The average molecular weight is 399 g/mol. The molecule has 0 radical (unpaired) electrons. The standard InChI is InChI=1S/C16H17Br2NO/c1-2-3-4-11-9-14(17)16(15(18)10-11)20-13-7-5-12(19)6-8-13/h5-10H,2-4,19H2,1H3. The van der Waals surface area contributed by atoms with Crippen LogP contribution in [0.2, 0.25) is 0 Å². The zero-order chi connectivity index (χ0) is 14.5. The predicted molar refractivity (Wildman–Crippen MR) is 91.4 cm³/mol. The minimum absolute atomic E-state index is 0.727. The van der Waals surface area contributed by atoms with Gasteiger partial charge in [-0.05, 0) is 86.7 Å². The summed E-state index contributed by atoms with van der Waals surface area (Å²) in [6, 6.07) is 11.6. The van der Waals surface area contributed by atoms with Gasteiger partial charge in [0, 0.05) is 5.69 Å². The predicted octanol–water partition coefficient (Wildman–Crippen LogP) is 5.93. The van der Waals surface area contributed by atoms with Gasteiger partial charge in [0.05, 0.1) is 8.95 Å². The maximum Gasteiger partial charge on any atom is 0.155 e. The minimum atomic E-state index is 0.727. The highest BCUT2D eigenvalue weighted by Gasteiger charge is 2.10. The van der Waals surface area contributed by atoms with Crippen LogP contribution in [0.5, 0.6) is 11.5 Å². The Hall–Kier alpha value is -1.000. The molecule has 2 N–H and O–H groups in total. The van der Waals surface area contributed by atoms with Crippen molar-refractivity contribution in [2.45, 2.75) is 26.2 Å². The maximum atomic E-state index is 5.91. The average Bonchev–Trinajstić information content (AvgIpc) is 2.42. The number of anilines is 1. The normalized spacial score (nSPS) is 10.6. The van der Waals surface area contributed by atoms with Crippen LogP contribution in [0.1, 0.15) is 25.3 Å². The molecule has 4 heteroatoms. The summed E-state index contributed by atoms with van der Waals surface area (Å²) >= 11 is 7.16. The van der Waals surface area contributed by atoms with Gasteiger partial charge in [-0.1, -0.05) is 13.3 Å². The van der Waals surface area contributed by atoms with E-state index in [1.54, 1.807) is 0 Å². The van der Waals surface area contributed by atoms with Crippen molar-refractivity contribution in [1.29, 1.82) is 0 Å². The van der Waals surface area contributed by atoms with Gasteiger partial charge in [0.2, 0.25) is 0 Å². The number of aryl methyl sites for hydroxylation is 1. The highest BCUT2D eigenvalue weighted by molar-refractivity contribution is 9.11. The van der Waals surface area contributed by atoms with Gasteiger partial charge >= 0.3 is 0 Å². The van der Waals surface area contributed by atoms with Crippen LogP contribution in [-0.4, -0.2) is 0 Å². The third kappa shape index (κ3) is 4.00. The summed E-state index contributed by atoms with van der Waals surface area (Å²) in [6.07, 6.45) is 3.46. The number of rotatable bonds is 5. The molecule has 0 fully saturated rings. The maximum absolute atomic E-state index is 5.91. The molecule has 2 aromatic carbocycles. The first-order valence-electron chi connectivity index (χ1n) is 6.61. The Labute approximate surface area is 136 Å². The Morgan fingerprint density at radius 2 is 1.65 bits per heavy atom. The van der Waals surface area contributed by atoms with Crippen molar-refractivity contribution >= 4 is 37.5 Å². The van der Waals surface area contributed by atoms with Crippen LogP contribution in [0.25, 0.3) is 0 Å². The molecule has 0 aliphatic rings. The second kappa shape index (κ2) is 7.14. The summed E-state index contributed by atoms with van der Waals surface area (Å²) in [4.78, 5) is 0. The molecule has 0 saturated carbocycles. The van der Waals surface area contributed by atoms with Crippen LogP contribution in [0.4, 0.5) is 5.69 Å². The van der Waals surface area contributed by atoms with Crippen LogP contribution < -0.4 is 10.5 Å². The number of nitrogen functional groups attached to an aromatic ring is 1. The fraction of sp³-hybridized carbons (Fsp3) is 0.250. The summed E-state index contributed by atoms with van der Waals surface area (Å²) in [5.74, 6) is 1.55. The van der Waals surface area contributed by atoms with E-state index < -0.39 is 0 Å². The zero-order valence-corrected chi connectivity index (χ0v) is 14.5. The van der Waals surface area contributed by atoms with Crippen molar-refractivity contribution in [2.75, 3.05) is 5.73 Å². The van der Waals surface area contributed by atoms with Gasteiger partial charge in [-0.25, -0.2) is 0 Å². The molecule has 0 unspecified atom stereocenters. The van der Waals surface area contributed by atoms with Gasteiger partial charge < -0.3 is 10.5 Å².